The quantitative estimate of drug-likeness (QED) is 0.150. The van der Waals surface area contributed by atoms with Gasteiger partial charge in [-0.05, 0) is 98.7 Å². The molecule has 0 aromatic heterocycles. The number of ether oxygens (including phenoxy) is 1. The zero-order valence-electron chi connectivity index (χ0n) is 33.3. The minimum Gasteiger partial charge on any atom is -0.393 e. The van der Waals surface area contributed by atoms with E-state index in [1.165, 1.54) is 0 Å². The number of urea groups is 1. The van der Waals surface area contributed by atoms with Gasteiger partial charge < -0.3 is 25.2 Å². The lowest BCUT2D eigenvalue weighted by molar-refractivity contribution is -0.175. The minimum absolute atomic E-state index is 0.00773. The number of ketones is 1. The van der Waals surface area contributed by atoms with Crippen molar-refractivity contribution in [3.63, 3.8) is 0 Å². The highest BCUT2D eigenvalue weighted by atomic mass is 16.5. The number of nitrogens with zero attached hydrogens (tertiary/aromatic N) is 1. The highest BCUT2D eigenvalue weighted by Crippen LogP contribution is 2.78. The first kappa shape index (κ1) is 37.5. The van der Waals surface area contributed by atoms with Crippen LogP contribution in [0.3, 0.4) is 0 Å². The Labute approximate surface area is 332 Å². The molecule has 56 heavy (non-hydrogen) atoms. The number of carbonyl (C=O) groups excluding carboxylic acids is 2. The summed E-state index contributed by atoms with van der Waals surface area (Å²) >= 11 is 0. The highest BCUT2D eigenvalue weighted by molar-refractivity contribution is 6.10. The van der Waals surface area contributed by atoms with Gasteiger partial charge in [-0.25, -0.2) is 4.79 Å². The second kappa shape index (κ2) is 13.8. The second-order valence-electron chi connectivity index (χ2n) is 18.7. The van der Waals surface area contributed by atoms with Crippen LogP contribution in [0, 0.1) is 33.5 Å². The number of fused-ring (bicyclic) bond motifs is 1. The molecule has 10 unspecified atom stereocenters. The maximum Gasteiger partial charge on any atom is 0.318 e. The lowest BCUT2D eigenvalue weighted by atomic mass is 9.32. The molecule has 1 saturated heterocycles. The van der Waals surface area contributed by atoms with Gasteiger partial charge in [0.15, 0.2) is 5.78 Å². The highest BCUT2D eigenvalue weighted by Gasteiger charge is 2.74. The number of rotatable bonds is 9. The van der Waals surface area contributed by atoms with Crippen molar-refractivity contribution in [2.45, 2.75) is 102 Å². The molecule has 7 aliphatic rings. The van der Waals surface area contributed by atoms with Gasteiger partial charge in [-0.2, -0.15) is 0 Å². The molecule has 7 nitrogen and oxygen atoms in total. The Bertz CT molecular complexity index is 2030. The van der Waals surface area contributed by atoms with Crippen LogP contribution < -0.4 is 5.32 Å². The lowest BCUT2D eigenvalue weighted by Crippen LogP contribution is -2.67. The zero-order chi connectivity index (χ0) is 38.9. The number of hydrogen-bond acceptors (Lipinski definition) is 5. The van der Waals surface area contributed by atoms with Crippen LogP contribution in [-0.4, -0.2) is 64.4 Å². The van der Waals surface area contributed by atoms with Crippen LogP contribution >= 0.6 is 0 Å². The molecule has 2 amide bonds. The fourth-order valence-electron chi connectivity index (χ4n) is 12.9. The topological polar surface area (TPSA) is 99.1 Å². The summed E-state index contributed by atoms with van der Waals surface area (Å²) in [4.78, 5) is 31.3. The Balaban J connectivity index is 1.07. The van der Waals surface area contributed by atoms with Crippen LogP contribution in [0.25, 0.3) is 11.1 Å². The third-order valence-electron chi connectivity index (χ3n) is 16.0. The maximum absolute atomic E-state index is 15.2. The normalized spacial score (nSPS) is 37.2. The first-order valence-electron chi connectivity index (χ1n) is 21.2. The summed E-state index contributed by atoms with van der Waals surface area (Å²) in [6.45, 7) is 7.99. The number of benzene rings is 3. The van der Waals surface area contributed by atoms with E-state index in [-0.39, 0.29) is 47.8 Å². The molecular weight excluding hydrogens is 697 g/mol. The fourth-order valence-corrected chi connectivity index (χ4v) is 12.9. The molecule has 10 atom stereocenters. The van der Waals surface area contributed by atoms with Gasteiger partial charge in [-0.15, -0.1) is 0 Å². The number of Topliss-reactive ketones (excluding diaryl/α,β-unsaturated/α-hetero) is 1. The molecule has 7 heteroatoms. The molecule has 3 aromatic carbocycles. The predicted octanol–water partition coefficient (Wildman–Crippen LogP) is 9.08. The van der Waals surface area contributed by atoms with Gasteiger partial charge in [-0.1, -0.05) is 117 Å². The van der Waals surface area contributed by atoms with Crippen molar-refractivity contribution in [1.29, 1.82) is 0 Å². The van der Waals surface area contributed by atoms with E-state index in [0.29, 0.717) is 31.6 Å². The van der Waals surface area contributed by atoms with Crippen LogP contribution in [0.1, 0.15) is 101 Å². The summed E-state index contributed by atoms with van der Waals surface area (Å²) in [5, 5.41) is 27.6. The van der Waals surface area contributed by atoms with Crippen LogP contribution in [-0.2, 0) is 4.74 Å². The monoisotopic (exact) mass is 754 g/mol. The summed E-state index contributed by atoms with van der Waals surface area (Å²) < 4.78 is 6.07. The van der Waals surface area contributed by atoms with E-state index in [1.807, 2.05) is 84.6 Å². The molecular formula is C49H58N2O5. The van der Waals surface area contributed by atoms with Crippen molar-refractivity contribution >= 4 is 11.8 Å². The number of hydrogen-bond donors (Lipinski definition) is 3. The molecule has 4 fully saturated rings. The van der Waals surface area contributed by atoms with Gasteiger partial charge >= 0.3 is 6.03 Å². The molecule has 1 aliphatic heterocycles. The minimum atomic E-state index is -1.17. The van der Waals surface area contributed by atoms with Gasteiger partial charge in [-0.3, -0.25) is 4.79 Å². The Hall–Kier alpha value is -4.04. The van der Waals surface area contributed by atoms with Gasteiger partial charge in [0.1, 0.15) is 0 Å². The molecule has 10 rings (SSSR count). The van der Waals surface area contributed by atoms with Crippen molar-refractivity contribution in [3.05, 3.63) is 120 Å². The largest absolute Gasteiger partial charge is 0.393 e. The van der Waals surface area contributed by atoms with Crippen LogP contribution in [0.5, 0.6) is 0 Å². The average molecular weight is 755 g/mol. The summed E-state index contributed by atoms with van der Waals surface area (Å²) in [7, 11) is 0. The summed E-state index contributed by atoms with van der Waals surface area (Å²) in [6.07, 6.45) is 13.7. The standard InChI is InChI=1S/C49H58N2O5/c1-33(34-11-6-4-7-12-34)50-44(54)51(31-39-15-10-28-56-39)32-48(55)25-22-42-46(48,3)24-21-41-45(2)23-20-38(52)29-47(45)26-27-49(41,42)40(30-47)43(53)37-18-16-36(17-19-37)35-13-8-5-9-14-35/h4-9,11-14,16-19,26-27,30,33,38-39,41-42,52,55H,10,15,20-25,28-29,31-32H2,1-3H3,(H,50,54). The van der Waals surface area contributed by atoms with Gasteiger partial charge in [0.05, 0.1) is 30.4 Å². The zero-order valence-corrected chi connectivity index (χ0v) is 33.3. The summed E-state index contributed by atoms with van der Waals surface area (Å²) in [5.74, 6) is 0.236. The average Bonchev–Trinajstić information content (AvgIpc) is 3.83. The summed E-state index contributed by atoms with van der Waals surface area (Å²) in [5.41, 5.74) is 1.89. The fraction of sp³-hybridized carbons (Fsp3) is 0.510. The van der Waals surface area contributed by atoms with Gasteiger partial charge in [0, 0.05) is 40.5 Å². The number of amides is 2. The van der Waals surface area contributed by atoms with Crippen LogP contribution in [0.2, 0.25) is 0 Å². The molecule has 2 spiro atoms. The third-order valence-corrected chi connectivity index (χ3v) is 16.0. The number of aliphatic hydroxyl groups excluding tert-OH is 1. The smallest absolute Gasteiger partial charge is 0.318 e. The van der Waals surface area contributed by atoms with E-state index in [1.54, 1.807) is 0 Å². The Morgan fingerprint density at radius 2 is 1.50 bits per heavy atom. The number of carbonyl (C=O) groups is 2. The van der Waals surface area contributed by atoms with Crippen LogP contribution in [0.4, 0.5) is 4.79 Å². The molecule has 2 bridgehead atoms. The number of allylic oxidation sites excluding steroid dienone is 4. The maximum atomic E-state index is 15.2. The molecule has 6 aliphatic carbocycles. The molecule has 3 saturated carbocycles. The van der Waals surface area contributed by atoms with Crippen molar-refractivity contribution in [2.24, 2.45) is 33.5 Å². The van der Waals surface area contributed by atoms with E-state index >= 15 is 4.79 Å². The summed E-state index contributed by atoms with van der Waals surface area (Å²) in [6, 6.07) is 27.9. The van der Waals surface area contributed by atoms with Crippen molar-refractivity contribution in [2.75, 3.05) is 19.7 Å². The van der Waals surface area contributed by atoms with E-state index < -0.39 is 27.9 Å². The third kappa shape index (κ3) is 5.70. The number of nitrogens with one attached hydrogen (secondary N) is 1. The van der Waals surface area contributed by atoms with E-state index in [0.717, 1.165) is 67.2 Å². The van der Waals surface area contributed by atoms with Crippen molar-refractivity contribution < 1.29 is 24.5 Å². The predicted molar refractivity (Wildman–Crippen MR) is 219 cm³/mol. The Kier molecular flexibility index (Phi) is 9.26. The second-order valence-corrected chi connectivity index (χ2v) is 18.7. The SMILES string of the molecule is CC(NC(=O)N(CC1CCCO1)CC1(O)CCC2C34C=CC5(C=C3C(=O)c3ccc(-c6ccccc6)cc3)CC(O)CCC5(C)C4CCC21C)c1ccccc1. The lowest BCUT2D eigenvalue weighted by Gasteiger charge is -2.71. The van der Waals surface area contributed by atoms with E-state index in [9.17, 15) is 15.0 Å². The van der Waals surface area contributed by atoms with Gasteiger partial charge in [0.2, 0.25) is 0 Å². The number of aliphatic hydroxyl groups is 2. The Morgan fingerprint density at radius 1 is 0.839 bits per heavy atom. The Morgan fingerprint density at radius 3 is 2.21 bits per heavy atom. The van der Waals surface area contributed by atoms with Crippen molar-refractivity contribution in [1.82, 2.24) is 10.2 Å². The molecule has 3 aromatic rings. The first-order chi connectivity index (χ1) is 26.9. The molecule has 1 heterocycles. The molecule has 0 radical (unpaired) electrons. The van der Waals surface area contributed by atoms with E-state index in [4.69, 9.17) is 4.74 Å². The van der Waals surface area contributed by atoms with Crippen molar-refractivity contribution in [3.8, 4) is 11.1 Å². The van der Waals surface area contributed by atoms with Crippen LogP contribution in [0.15, 0.2) is 109 Å². The molecule has 3 N–H and O–H groups in total. The van der Waals surface area contributed by atoms with Gasteiger partial charge in [0.25, 0.3) is 0 Å². The van der Waals surface area contributed by atoms with E-state index in [2.05, 4.69) is 49.5 Å². The first-order valence-corrected chi connectivity index (χ1v) is 21.2. The molecule has 294 valence electrons.